The van der Waals surface area contributed by atoms with E-state index in [0.717, 1.165) is 18.5 Å². The van der Waals surface area contributed by atoms with Crippen LogP contribution in [0.3, 0.4) is 0 Å². The molecular formula is C18H21N3O3. The van der Waals surface area contributed by atoms with Gasteiger partial charge in [-0.1, -0.05) is 18.2 Å². The van der Waals surface area contributed by atoms with E-state index in [4.69, 9.17) is 4.74 Å². The van der Waals surface area contributed by atoms with E-state index >= 15 is 0 Å². The predicted octanol–water partition coefficient (Wildman–Crippen LogP) is 1.70. The molecule has 1 saturated carbocycles. The topological polar surface area (TPSA) is 73.2 Å². The molecule has 1 fully saturated rings. The van der Waals surface area contributed by atoms with E-state index in [1.54, 1.807) is 31.2 Å². The number of nitrogens with one attached hydrogen (secondary N) is 1. The zero-order valence-electron chi connectivity index (χ0n) is 13.6. The van der Waals surface area contributed by atoms with E-state index in [9.17, 15) is 9.59 Å². The number of carbonyl (C=O) groups is 1. The van der Waals surface area contributed by atoms with Gasteiger partial charge in [0.1, 0.15) is 5.75 Å². The highest BCUT2D eigenvalue weighted by Gasteiger charge is 2.25. The van der Waals surface area contributed by atoms with Gasteiger partial charge in [-0.15, -0.1) is 0 Å². The molecule has 126 valence electrons. The molecule has 6 nitrogen and oxygen atoms in total. The van der Waals surface area contributed by atoms with Crippen LogP contribution in [0, 0.1) is 0 Å². The van der Waals surface area contributed by atoms with E-state index in [-0.39, 0.29) is 11.5 Å². The summed E-state index contributed by atoms with van der Waals surface area (Å²) < 4.78 is 6.98. The van der Waals surface area contributed by atoms with Gasteiger partial charge in [0.05, 0.1) is 12.2 Å². The zero-order valence-corrected chi connectivity index (χ0v) is 13.6. The van der Waals surface area contributed by atoms with Crippen LogP contribution in [0.15, 0.2) is 47.3 Å². The number of rotatable bonds is 7. The first-order valence-electron chi connectivity index (χ1n) is 8.21. The molecule has 3 rings (SSSR count). The van der Waals surface area contributed by atoms with Crippen molar-refractivity contribution in [3.8, 4) is 5.75 Å². The van der Waals surface area contributed by atoms with Crippen molar-refractivity contribution in [1.29, 1.82) is 0 Å². The van der Waals surface area contributed by atoms with E-state index in [1.807, 2.05) is 18.2 Å². The molecule has 24 heavy (non-hydrogen) atoms. The van der Waals surface area contributed by atoms with Crippen LogP contribution in [0.5, 0.6) is 5.75 Å². The smallest absolute Gasteiger partial charge is 0.266 e. The third-order valence-corrected chi connectivity index (χ3v) is 3.93. The molecular weight excluding hydrogens is 306 g/mol. The van der Waals surface area contributed by atoms with Gasteiger partial charge in [0.25, 0.3) is 11.5 Å². The molecule has 1 heterocycles. The highest BCUT2D eigenvalue weighted by molar-refractivity contribution is 5.80. The lowest BCUT2D eigenvalue weighted by atomic mass is 10.3. The summed E-state index contributed by atoms with van der Waals surface area (Å²) in [6, 6.07) is 12.5. The molecule has 1 aliphatic carbocycles. The first kappa shape index (κ1) is 16.2. The molecule has 1 N–H and O–H groups in total. The summed E-state index contributed by atoms with van der Waals surface area (Å²) in [4.78, 5) is 23.9. The van der Waals surface area contributed by atoms with E-state index in [0.29, 0.717) is 24.8 Å². The van der Waals surface area contributed by atoms with Crippen LogP contribution >= 0.6 is 0 Å². The summed E-state index contributed by atoms with van der Waals surface area (Å²) in [7, 11) is 0. The fourth-order valence-corrected chi connectivity index (χ4v) is 2.41. The van der Waals surface area contributed by atoms with Crippen molar-refractivity contribution in [1.82, 2.24) is 15.1 Å². The molecule has 0 spiro atoms. The predicted molar refractivity (Wildman–Crippen MR) is 90.0 cm³/mol. The maximum Gasteiger partial charge on any atom is 0.266 e. The maximum atomic E-state index is 12.1. The molecule has 0 aliphatic heterocycles. The van der Waals surface area contributed by atoms with Gasteiger partial charge in [0.2, 0.25) is 0 Å². The Balaban J connectivity index is 1.49. The lowest BCUT2D eigenvalue weighted by molar-refractivity contribution is -0.127. The Morgan fingerprint density at radius 3 is 2.75 bits per heavy atom. The van der Waals surface area contributed by atoms with Crippen molar-refractivity contribution < 1.29 is 9.53 Å². The summed E-state index contributed by atoms with van der Waals surface area (Å²) in [6.07, 6.45) is 1.67. The molecule has 2 aromatic rings. The van der Waals surface area contributed by atoms with Crippen LogP contribution < -0.4 is 15.6 Å². The van der Waals surface area contributed by atoms with Gasteiger partial charge >= 0.3 is 0 Å². The number of amides is 1. The number of benzene rings is 1. The molecule has 0 saturated heterocycles. The van der Waals surface area contributed by atoms with E-state index in [1.165, 1.54) is 4.68 Å². The molecule has 1 atom stereocenters. The number of hydrogen-bond donors (Lipinski definition) is 1. The molecule has 0 radical (unpaired) electrons. The minimum atomic E-state index is -0.602. The van der Waals surface area contributed by atoms with Crippen LogP contribution in [0.4, 0.5) is 0 Å². The SMILES string of the molecule is CC(Oc1ccccc1)C(=O)NCCn1nc(C2CC2)ccc1=O. The van der Waals surface area contributed by atoms with E-state index < -0.39 is 6.10 Å². The lowest BCUT2D eigenvalue weighted by Gasteiger charge is -2.15. The molecule has 6 heteroatoms. The normalized spacial score (nSPS) is 14.9. The number of hydrogen-bond acceptors (Lipinski definition) is 4. The molecule has 1 unspecified atom stereocenters. The third kappa shape index (κ3) is 4.22. The molecule has 1 amide bonds. The van der Waals surface area contributed by atoms with Gasteiger partial charge in [-0.3, -0.25) is 9.59 Å². The summed E-state index contributed by atoms with van der Waals surface area (Å²) >= 11 is 0. The quantitative estimate of drug-likeness (QED) is 0.840. The Kier molecular flexibility index (Phi) is 4.93. The number of carbonyl (C=O) groups excluding carboxylic acids is 1. The maximum absolute atomic E-state index is 12.1. The summed E-state index contributed by atoms with van der Waals surface area (Å²) in [5.74, 6) is 0.922. The molecule has 1 aliphatic rings. The molecule has 0 bridgehead atoms. The van der Waals surface area contributed by atoms with Crippen molar-refractivity contribution in [2.75, 3.05) is 6.54 Å². The van der Waals surface area contributed by atoms with Gasteiger partial charge in [0, 0.05) is 18.5 Å². The van der Waals surface area contributed by atoms with Crippen LogP contribution in [0.25, 0.3) is 0 Å². The minimum Gasteiger partial charge on any atom is -0.481 e. The Hall–Kier alpha value is -2.63. The largest absolute Gasteiger partial charge is 0.481 e. The van der Waals surface area contributed by atoms with Crippen LogP contribution in [0.1, 0.15) is 31.4 Å². The van der Waals surface area contributed by atoms with Crippen molar-refractivity contribution in [3.63, 3.8) is 0 Å². The minimum absolute atomic E-state index is 0.151. The summed E-state index contributed by atoms with van der Waals surface area (Å²) in [5, 5.41) is 7.14. The number of ether oxygens (including phenoxy) is 1. The van der Waals surface area contributed by atoms with Gasteiger partial charge in [-0.2, -0.15) is 5.10 Å². The van der Waals surface area contributed by atoms with Crippen LogP contribution in [-0.2, 0) is 11.3 Å². The first-order valence-corrected chi connectivity index (χ1v) is 8.21. The fraction of sp³-hybridized carbons (Fsp3) is 0.389. The second kappa shape index (κ2) is 7.29. The molecule has 1 aromatic carbocycles. The third-order valence-electron chi connectivity index (χ3n) is 3.93. The lowest BCUT2D eigenvalue weighted by Crippen LogP contribution is -2.39. The standard InChI is InChI=1S/C18H21N3O3/c1-13(24-15-5-3-2-4-6-15)18(23)19-11-12-21-17(22)10-9-16(20-21)14-7-8-14/h2-6,9-10,13-14H,7-8,11-12H2,1H3,(H,19,23). The monoisotopic (exact) mass is 327 g/mol. The van der Waals surface area contributed by atoms with Crippen LogP contribution in [-0.4, -0.2) is 28.3 Å². The number of aromatic nitrogens is 2. The van der Waals surface area contributed by atoms with Gasteiger partial charge in [-0.25, -0.2) is 4.68 Å². The van der Waals surface area contributed by atoms with Crippen LogP contribution in [0.2, 0.25) is 0 Å². The average molecular weight is 327 g/mol. The van der Waals surface area contributed by atoms with E-state index in [2.05, 4.69) is 10.4 Å². The fourth-order valence-electron chi connectivity index (χ4n) is 2.41. The first-order chi connectivity index (χ1) is 11.6. The van der Waals surface area contributed by atoms with Gasteiger partial charge in [-0.05, 0) is 38.0 Å². The van der Waals surface area contributed by atoms with Crippen molar-refractivity contribution >= 4 is 5.91 Å². The Bertz CT molecular complexity index is 754. The summed E-state index contributed by atoms with van der Waals surface area (Å²) in [6.45, 7) is 2.38. The van der Waals surface area contributed by atoms with Crippen molar-refractivity contribution in [2.45, 2.75) is 38.3 Å². The zero-order chi connectivity index (χ0) is 16.9. The Morgan fingerprint density at radius 2 is 2.04 bits per heavy atom. The average Bonchev–Trinajstić information content (AvgIpc) is 3.42. The second-order valence-corrected chi connectivity index (χ2v) is 5.96. The Labute approximate surface area is 140 Å². The molecule has 1 aromatic heterocycles. The number of nitrogens with zero attached hydrogens (tertiary/aromatic N) is 2. The summed E-state index contributed by atoms with van der Waals surface area (Å²) in [5.41, 5.74) is 0.809. The van der Waals surface area contributed by atoms with Crippen molar-refractivity contribution in [3.05, 3.63) is 58.5 Å². The Morgan fingerprint density at radius 1 is 1.29 bits per heavy atom. The second-order valence-electron chi connectivity index (χ2n) is 5.96. The number of para-hydroxylation sites is 1. The highest BCUT2D eigenvalue weighted by Crippen LogP contribution is 2.38. The van der Waals surface area contributed by atoms with Gasteiger partial charge < -0.3 is 10.1 Å². The highest BCUT2D eigenvalue weighted by atomic mass is 16.5. The van der Waals surface area contributed by atoms with Crippen molar-refractivity contribution in [2.24, 2.45) is 0 Å². The van der Waals surface area contributed by atoms with Gasteiger partial charge in [0.15, 0.2) is 6.10 Å².